The van der Waals surface area contributed by atoms with E-state index in [1.54, 1.807) is 0 Å². The van der Waals surface area contributed by atoms with Crippen molar-refractivity contribution in [2.75, 3.05) is 0 Å². The monoisotopic (exact) mass is 225 g/mol. The van der Waals surface area contributed by atoms with Gasteiger partial charge in [0.2, 0.25) is 0 Å². The Labute approximate surface area is 96.7 Å². The van der Waals surface area contributed by atoms with Gasteiger partial charge in [-0.25, -0.2) is 9.79 Å². The van der Waals surface area contributed by atoms with E-state index in [0.29, 0.717) is 0 Å². The quantitative estimate of drug-likeness (QED) is 0.744. The first-order chi connectivity index (χ1) is 7.25. The molecule has 0 aromatic rings. The molecule has 4 heteroatoms. The number of carbonyl (C=O) groups is 1. The van der Waals surface area contributed by atoms with E-state index >= 15 is 0 Å². The molecule has 0 saturated heterocycles. The first-order valence-corrected chi connectivity index (χ1v) is 5.68. The van der Waals surface area contributed by atoms with Crippen molar-refractivity contribution in [1.29, 1.82) is 0 Å². The second kappa shape index (κ2) is 4.00. The van der Waals surface area contributed by atoms with Gasteiger partial charge in [0.05, 0.1) is 5.92 Å². The Morgan fingerprint density at radius 2 is 1.81 bits per heavy atom. The van der Waals surface area contributed by atoms with Crippen LogP contribution in [0.2, 0.25) is 0 Å². The fourth-order valence-electron chi connectivity index (χ4n) is 2.41. The Morgan fingerprint density at radius 1 is 1.31 bits per heavy atom. The minimum atomic E-state index is -1.12. The van der Waals surface area contributed by atoms with Gasteiger partial charge in [-0.15, -0.1) is 0 Å². The van der Waals surface area contributed by atoms with Gasteiger partial charge >= 0.3 is 11.6 Å². The summed E-state index contributed by atoms with van der Waals surface area (Å²) in [6, 6.07) is 0.125. The van der Waals surface area contributed by atoms with Crippen LogP contribution in [-0.2, 0) is 4.79 Å². The molecule has 1 heterocycles. The predicted molar refractivity (Wildman–Crippen MR) is 64.4 cm³/mol. The van der Waals surface area contributed by atoms with Crippen LogP contribution in [0, 0.1) is 5.92 Å². The second-order valence-corrected chi connectivity index (χ2v) is 4.93. The minimum Gasteiger partial charge on any atom is -0.475 e. The van der Waals surface area contributed by atoms with Crippen LogP contribution < -0.4 is 0 Å². The molecule has 90 valence electrons. The summed E-state index contributed by atoms with van der Waals surface area (Å²) in [6.45, 7) is 11.6. The van der Waals surface area contributed by atoms with Gasteiger partial charge in [0, 0.05) is 6.92 Å². The average Bonchev–Trinajstić information content (AvgIpc) is 2.40. The maximum Gasteiger partial charge on any atom is 0.401 e. The molecule has 0 spiro atoms. The molecule has 1 aliphatic rings. The van der Waals surface area contributed by atoms with Gasteiger partial charge in [0.25, 0.3) is 0 Å². The first kappa shape index (κ1) is 12.9. The number of hydrogen-bond donors (Lipinski definition) is 1. The Morgan fingerprint density at radius 3 is 2.06 bits per heavy atom. The highest BCUT2D eigenvalue weighted by Crippen LogP contribution is 2.30. The Kier molecular flexibility index (Phi) is 3.22. The average molecular weight is 225 g/mol. The summed E-state index contributed by atoms with van der Waals surface area (Å²) >= 11 is 0. The molecule has 1 aliphatic heterocycles. The van der Waals surface area contributed by atoms with Crippen molar-refractivity contribution >= 4 is 17.4 Å². The van der Waals surface area contributed by atoms with Crippen molar-refractivity contribution in [3.63, 3.8) is 0 Å². The molecule has 0 bridgehead atoms. The zero-order valence-corrected chi connectivity index (χ0v) is 10.9. The molecule has 0 aliphatic carbocycles. The van der Waals surface area contributed by atoms with Crippen molar-refractivity contribution < 1.29 is 14.5 Å². The SMILES string of the molecule is CC1=NC(C(=O)O)(C(C)C)[N+](C(C)C)=C1C. The second-order valence-electron chi connectivity index (χ2n) is 4.93. The highest BCUT2D eigenvalue weighted by atomic mass is 16.4. The Balaban J connectivity index is 3.48. The van der Waals surface area contributed by atoms with E-state index in [-0.39, 0.29) is 12.0 Å². The van der Waals surface area contributed by atoms with Crippen LogP contribution in [0.5, 0.6) is 0 Å². The van der Waals surface area contributed by atoms with E-state index in [9.17, 15) is 9.90 Å². The summed E-state index contributed by atoms with van der Waals surface area (Å²) in [6.07, 6.45) is 0. The van der Waals surface area contributed by atoms with Gasteiger partial charge < -0.3 is 5.11 Å². The normalized spacial score (nSPS) is 25.6. The number of rotatable bonds is 3. The number of aliphatic imine (C=N–C) groups is 1. The van der Waals surface area contributed by atoms with Crippen LogP contribution in [0.1, 0.15) is 41.5 Å². The fourth-order valence-corrected chi connectivity index (χ4v) is 2.41. The molecule has 0 aromatic heterocycles. The number of hydrogen-bond acceptors (Lipinski definition) is 2. The van der Waals surface area contributed by atoms with Gasteiger partial charge in [-0.05, 0) is 20.8 Å². The summed E-state index contributed by atoms with van der Waals surface area (Å²) in [5.74, 6) is -0.938. The standard InChI is InChI=1S/C12H20N2O2/c1-7(2)12(11(15)16)13-9(5)10(6)14(12)8(3)4/h7-8H,1-6H3/p+1. The maximum atomic E-state index is 11.6. The largest absolute Gasteiger partial charge is 0.475 e. The molecule has 0 amide bonds. The number of aliphatic carboxylic acids is 1. The Hall–Kier alpha value is -1.19. The Bertz CT molecular complexity index is 380. The van der Waals surface area contributed by atoms with Crippen molar-refractivity contribution in [2.24, 2.45) is 10.9 Å². The predicted octanol–water partition coefficient (Wildman–Crippen LogP) is 1.78. The van der Waals surface area contributed by atoms with Crippen LogP contribution in [0.25, 0.3) is 0 Å². The molecule has 0 fully saturated rings. The molecule has 1 rings (SSSR count). The summed E-state index contributed by atoms with van der Waals surface area (Å²) in [7, 11) is 0. The summed E-state index contributed by atoms with van der Waals surface area (Å²) in [5, 5.41) is 9.53. The van der Waals surface area contributed by atoms with Crippen LogP contribution in [0.4, 0.5) is 0 Å². The van der Waals surface area contributed by atoms with Crippen LogP contribution in [0.3, 0.4) is 0 Å². The van der Waals surface area contributed by atoms with Crippen molar-refractivity contribution in [1.82, 2.24) is 0 Å². The van der Waals surface area contributed by atoms with E-state index in [0.717, 1.165) is 11.4 Å². The van der Waals surface area contributed by atoms with E-state index in [2.05, 4.69) is 4.99 Å². The topological polar surface area (TPSA) is 52.7 Å². The van der Waals surface area contributed by atoms with Crippen LogP contribution >= 0.6 is 0 Å². The highest BCUT2D eigenvalue weighted by molar-refractivity contribution is 6.39. The lowest BCUT2D eigenvalue weighted by Gasteiger charge is -2.25. The lowest BCUT2D eigenvalue weighted by atomic mass is 9.95. The highest BCUT2D eigenvalue weighted by Gasteiger charge is 2.57. The van der Waals surface area contributed by atoms with E-state index in [4.69, 9.17) is 0 Å². The zero-order valence-electron chi connectivity index (χ0n) is 10.9. The molecule has 0 saturated carbocycles. The van der Waals surface area contributed by atoms with Gasteiger partial charge in [-0.1, -0.05) is 13.8 Å². The molecule has 4 nitrogen and oxygen atoms in total. The maximum absolute atomic E-state index is 11.6. The summed E-state index contributed by atoms with van der Waals surface area (Å²) < 4.78 is 1.91. The molecule has 16 heavy (non-hydrogen) atoms. The number of carboxylic acids is 1. The zero-order chi connectivity index (χ0) is 12.7. The third-order valence-corrected chi connectivity index (χ3v) is 3.23. The van der Waals surface area contributed by atoms with Crippen molar-refractivity contribution in [2.45, 2.75) is 53.2 Å². The first-order valence-electron chi connectivity index (χ1n) is 5.68. The van der Waals surface area contributed by atoms with Crippen LogP contribution in [-0.4, -0.2) is 38.8 Å². The third-order valence-electron chi connectivity index (χ3n) is 3.23. The van der Waals surface area contributed by atoms with Gasteiger partial charge in [-0.3, -0.25) is 0 Å². The van der Waals surface area contributed by atoms with Gasteiger partial charge in [0.1, 0.15) is 5.71 Å². The smallest absolute Gasteiger partial charge is 0.401 e. The van der Waals surface area contributed by atoms with Crippen LogP contribution in [0.15, 0.2) is 4.99 Å². The lowest BCUT2D eigenvalue weighted by Crippen LogP contribution is -2.53. The summed E-state index contributed by atoms with van der Waals surface area (Å²) in [5.41, 5.74) is 0.665. The fraction of sp³-hybridized carbons (Fsp3) is 0.750. The minimum absolute atomic E-state index is 0.0696. The van der Waals surface area contributed by atoms with Crippen molar-refractivity contribution in [3.05, 3.63) is 0 Å². The summed E-state index contributed by atoms with van der Waals surface area (Å²) in [4.78, 5) is 16.0. The molecular weight excluding hydrogens is 204 g/mol. The molecule has 1 unspecified atom stereocenters. The number of nitrogens with zero attached hydrogens (tertiary/aromatic N) is 2. The number of carboxylic acid groups (broad SMARTS) is 1. The van der Waals surface area contributed by atoms with E-state index in [1.165, 1.54) is 0 Å². The van der Waals surface area contributed by atoms with Crippen molar-refractivity contribution in [3.8, 4) is 0 Å². The lowest BCUT2D eigenvalue weighted by molar-refractivity contribution is -0.623. The third kappa shape index (κ3) is 1.56. The molecule has 0 aromatic carbocycles. The van der Waals surface area contributed by atoms with Gasteiger partial charge in [0.15, 0.2) is 11.8 Å². The van der Waals surface area contributed by atoms with Gasteiger partial charge in [-0.2, -0.15) is 4.58 Å². The molecular formula is C12H21N2O2+. The molecule has 1 atom stereocenters. The molecule has 0 radical (unpaired) electrons. The van der Waals surface area contributed by atoms with E-state index in [1.807, 2.05) is 46.1 Å². The molecule has 1 N–H and O–H groups in total. The van der Waals surface area contributed by atoms with E-state index < -0.39 is 11.6 Å².